The molecule has 4 nitrogen and oxygen atoms in total. The number of benzene rings is 1. The molecule has 0 aliphatic carbocycles. The molecular weight excluding hydrogens is 264 g/mol. The van der Waals surface area contributed by atoms with Crippen molar-refractivity contribution in [3.8, 4) is 0 Å². The number of ether oxygens (including phenoxy) is 1. The zero-order valence-corrected chi connectivity index (χ0v) is 12.5. The highest BCUT2D eigenvalue weighted by molar-refractivity contribution is 5.77. The van der Waals surface area contributed by atoms with E-state index < -0.39 is 0 Å². The lowest BCUT2D eigenvalue weighted by atomic mass is 9.96. The number of carbonyl (C=O) groups excluding carboxylic acids is 1. The Kier molecular flexibility index (Phi) is 4.88. The minimum Gasteiger partial charge on any atom is -0.367 e. The van der Waals surface area contributed by atoms with E-state index in [0.717, 1.165) is 12.0 Å². The lowest BCUT2D eigenvalue weighted by molar-refractivity contribution is -0.127. The van der Waals surface area contributed by atoms with Gasteiger partial charge >= 0.3 is 0 Å². The van der Waals surface area contributed by atoms with Crippen molar-refractivity contribution in [3.05, 3.63) is 35.9 Å². The van der Waals surface area contributed by atoms with Gasteiger partial charge in [-0.05, 0) is 44.3 Å². The lowest BCUT2D eigenvalue weighted by Gasteiger charge is -2.37. The summed E-state index contributed by atoms with van der Waals surface area (Å²) in [6, 6.07) is 10.8. The van der Waals surface area contributed by atoms with Crippen LogP contribution in [0.3, 0.4) is 0 Å². The second-order valence-electron chi connectivity index (χ2n) is 6.04. The fraction of sp³-hybridized carbons (Fsp3) is 0.588. The Labute approximate surface area is 126 Å². The average Bonchev–Trinajstić information content (AvgIpc) is 2.98. The number of carbonyl (C=O) groups is 1. The average molecular weight is 288 g/mol. The molecule has 1 amide bonds. The van der Waals surface area contributed by atoms with Gasteiger partial charge in [-0.2, -0.15) is 0 Å². The maximum atomic E-state index is 12.0. The van der Waals surface area contributed by atoms with Crippen LogP contribution in [0.15, 0.2) is 30.3 Å². The first-order valence-corrected chi connectivity index (χ1v) is 7.98. The van der Waals surface area contributed by atoms with Crippen molar-refractivity contribution in [1.29, 1.82) is 0 Å². The maximum Gasteiger partial charge on any atom is 0.246 e. The molecule has 1 N–H and O–H groups in total. The molecule has 0 unspecified atom stereocenters. The molecule has 0 saturated carbocycles. The summed E-state index contributed by atoms with van der Waals surface area (Å²) >= 11 is 0. The normalized spacial score (nSPS) is 25.5. The smallest absolute Gasteiger partial charge is 0.246 e. The number of hydrogen-bond donors (Lipinski definition) is 1. The van der Waals surface area contributed by atoms with Crippen molar-refractivity contribution >= 4 is 5.91 Å². The van der Waals surface area contributed by atoms with Gasteiger partial charge in [0.1, 0.15) is 6.61 Å². The molecule has 0 spiro atoms. The minimum absolute atomic E-state index is 0.0182. The SMILES string of the molecule is O=C(COCc1ccccc1)N[C@H]1CCCN2CCC[C@@H]12. The summed E-state index contributed by atoms with van der Waals surface area (Å²) in [4.78, 5) is 14.6. The van der Waals surface area contributed by atoms with Crippen molar-refractivity contribution in [2.24, 2.45) is 0 Å². The Morgan fingerprint density at radius 1 is 1.19 bits per heavy atom. The van der Waals surface area contributed by atoms with Crippen molar-refractivity contribution in [3.63, 3.8) is 0 Å². The molecule has 2 heterocycles. The molecule has 0 aromatic heterocycles. The summed E-state index contributed by atoms with van der Waals surface area (Å²) in [6.07, 6.45) is 4.77. The van der Waals surface area contributed by atoms with E-state index in [-0.39, 0.29) is 12.5 Å². The maximum absolute atomic E-state index is 12.0. The molecule has 2 fully saturated rings. The van der Waals surface area contributed by atoms with Gasteiger partial charge in [0.2, 0.25) is 5.91 Å². The Morgan fingerprint density at radius 2 is 1.95 bits per heavy atom. The number of piperidine rings is 1. The number of fused-ring (bicyclic) bond motifs is 1. The van der Waals surface area contributed by atoms with E-state index in [1.54, 1.807) is 0 Å². The Balaban J connectivity index is 1.41. The largest absolute Gasteiger partial charge is 0.367 e. The van der Waals surface area contributed by atoms with E-state index in [2.05, 4.69) is 10.2 Å². The molecule has 4 heteroatoms. The van der Waals surface area contributed by atoms with Gasteiger partial charge in [0.25, 0.3) is 0 Å². The molecule has 0 bridgehead atoms. The molecule has 2 atom stereocenters. The fourth-order valence-electron chi connectivity index (χ4n) is 3.54. The summed E-state index contributed by atoms with van der Waals surface area (Å²) in [5, 5.41) is 3.17. The van der Waals surface area contributed by atoms with Crippen LogP contribution in [0, 0.1) is 0 Å². The molecule has 3 rings (SSSR count). The summed E-state index contributed by atoms with van der Waals surface area (Å²) in [5.74, 6) is 0.0182. The van der Waals surface area contributed by atoms with Crippen LogP contribution >= 0.6 is 0 Å². The highest BCUT2D eigenvalue weighted by Gasteiger charge is 2.35. The number of rotatable bonds is 5. The van der Waals surface area contributed by atoms with Gasteiger partial charge in [0.05, 0.1) is 6.61 Å². The van der Waals surface area contributed by atoms with Crippen molar-refractivity contribution in [1.82, 2.24) is 10.2 Å². The zero-order valence-electron chi connectivity index (χ0n) is 12.5. The van der Waals surface area contributed by atoms with E-state index in [1.165, 1.54) is 32.4 Å². The second-order valence-corrected chi connectivity index (χ2v) is 6.04. The van der Waals surface area contributed by atoms with Gasteiger partial charge in [-0.25, -0.2) is 0 Å². The van der Waals surface area contributed by atoms with Gasteiger partial charge in [-0.15, -0.1) is 0 Å². The van der Waals surface area contributed by atoms with Crippen LogP contribution in [-0.4, -0.2) is 42.6 Å². The molecule has 21 heavy (non-hydrogen) atoms. The highest BCUT2D eigenvalue weighted by atomic mass is 16.5. The predicted octanol–water partition coefficient (Wildman–Crippen LogP) is 1.95. The van der Waals surface area contributed by atoms with Gasteiger partial charge < -0.3 is 10.1 Å². The topological polar surface area (TPSA) is 41.6 Å². The fourth-order valence-corrected chi connectivity index (χ4v) is 3.54. The summed E-state index contributed by atoms with van der Waals surface area (Å²) in [7, 11) is 0. The molecule has 2 saturated heterocycles. The van der Waals surface area contributed by atoms with Crippen LogP contribution in [-0.2, 0) is 16.1 Å². The standard InChI is InChI=1S/C17H24N2O2/c20-17(13-21-12-14-6-2-1-3-7-14)18-15-8-4-10-19-11-5-9-16(15)19/h1-3,6-7,15-16H,4-5,8-13H2,(H,18,20)/t15-,16-/m0/s1. The van der Waals surface area contributed by atoms with E-state index in [4.69, 9.17) is 4.74 Å². The zero-order chi connectivity index (χ0) is 14.5. The first-order valence-electron chi connectivity index (χ1n) is 7.98. The third-order valence-corrected chi connectivity index (χ3v) is 4.53. The first-order chi connectivity index (χ1) is 10.3. The van der Waals surface area contributed by atoms with Gasteiger partial charge in [0.15, 0.2) is 0 Å². The number of amides is 1. The van der Waals surface area contributed by atoms with Crippen LogP contribution < -0.4 is 5.32 Å². The van der Waals surface area contributed by atoms with Gasteiger partial charge in [-0.1, -0.05) is 30.3 Å². The molecule has 2 aliphatic heterocycles. The van der Waals surface area contributed by atoms with Crippen molar-refractivity contribution in [2.45, 2.75) is 44.4 Å². The van der Waals surface area contributed by atoms with E-state index in [1.807, 2.05) is 30.3 Å². The lowest BCUT2D eigenvalue weighted by Crippen LogP contribution is -2.53. The molecule has 1 aromatic carbocycles. The van der Waals surface area contributed by atoms with Gasteiger partial charge in [-0.3, -0.25) is 9.69 Å². The second kappa shape index (κ2) is 7.05. The Hall–Kier alpha value is -1.39. The molecule has 2 aliphatic rings. The number of nitrogens with zero attached hydrogens (tertiary/aromatic N) is 1. The molecular formula is C17H24N2O2. The Bertz CT molecular complexity index is 463. The van der Waals surface area contributed by atoms with E-state index in [0.29, 0.717) is 18.7 Å². The Morgan fingerprint density at radius 3 is 2.76 bits per heavy atom. The third-order valence-electron chi connectivity index (χ3n) is 4.53. The monoisotopic (exact) mass is 288 g/mol. The van der Waals surface area contributed by atoms with Crippen LogP contribution in [0.1, 0.15) is 31.2 Å². The molecule has 1 aromatic rings. The number of nitrogens with one attached hydrogen (secondary N) is 1. The highest BCUT2D eigenvalue weighted by Crippen LogP contribution is 2.26. The minimum atomic E-state index is 0.0182. The van der Waals surface area contributed by atoms with Crippen molar-refractivity contribution < 1.29 is 9.53 Å². The summed E-state index contributed by atoms with van der Waals surface area (Å²) in [6.45, 7) is 3.04. The number of hydrogen-bond acceptors (Lipinski definition) is 3. The first kappa shape index (κ1) is 14.5. The van der Waals surface area contributed by atoms with Crippen LogP contribution in [0.25, 0.3) is 0 Å². The third kappa shape index (κ3) is 3.83. The van der Waals surface area contributed by atoms with Crippen LogP contribution in [0.2, 0.25) is 0 Å². The molecule has 0 radical (unpaired) electrons. The van der Waals surface area contributed by atoms with Gasteiger partial charge in [0, 0.05) is 12.1 Å². The van der Waals surface area contributed by atoms with E-state index in [9.17, 15) is 4.79 Å². The van der Waals surface area contributed by atoms with Crippen molar-refractivity contribution in [2.75, 3.05) is 19.7 Å². The van der Waals surface area contributed by atoms with E-state index >= 15 is 0 Å². The molecule has 114 valence electrons. The summed E-state index contributed by atoms with van der Waals surface area (Å²) in [5.41, 5.74) is 1.10. The van der Waals surface area contributed by atoms with Crippen LogP contribution in [0.5, 0.6) is 0 Å². The summed E-state index contributed by atoms with van der Waals surface area (Å²) < 4.78 is 5.51. The van der Waals surface area contributed by atoms with Crippen LogP contribution in [0.4, 0.5) is 0 Å². The quantitative estimate of drug-likeness (QED) is 0.900. The predicted molar refractivity (Wildman–Crippen MR) is 81.9 cm³/mol.